The van der Waals surface area contributed by atoms with Crippen molar-refractivity contribution in [2.24, 2.45) is 0 Å². The Bertz CT molecular complexity index is 867. The summed E-state index contributed by atoms with van der Waals surface area (Å²) >= 11 is 0. The lowest BCUT2D eigenvalue weighted by Gasteiger charge is -2.12. The standard InChI is InChI=1S/C18H18N2O2/c1-19-8-7-12-9-14(4-6-17(12)19)20-11-13-3-5-15(22-2)10-16(13)18(20)21/h3-6,9-11,21H,7-8H2,1-2H3. The molecule has 3 aromatic rings. The van der Waals surface area contributed by atoms with Crippen LogP contribution in [0.15, 0.2) is 42.6 Å². The number of nitrogens with zero attached hydrogens (tertiary/aromatic N) is 2. The van der Waals surface area contributed by atoms with Gasteiger partial charge < -0.3 is 14.7 Å². The zero-order chi connectivity index (χ0) is 15.3. The first-order valence-corrected chi connectivity index (χ1v) is 7.40. The van der Waals surface area contributed by atoms with Gasteiger partial charge in [0, 0.05) is 41.9 Å². The van der Waals surface area contributed by atoms with Crippen molar-refractivity contribution in [3.8, 4) is 17.3 Å². The summed E-state index contributed by atoms with van der Waals surface area (Å²) in [5.41, 5.74) is 3.60. The number of methoxy groups -OCH3 is 1. The Hall–Kier alpha value is -2.62. The zero-order valence-electron chi connectivity index (χ0n) is 12.7. The summed E-state index contributed by atoms with van der Waals surface area (Å²) in [6.45, 7) is 1.05. The van der Waals surface area contributed by atoms with E-state index in [1.54, 1.807) is 7.11 Å². The molecule has 1 aliphatic heterocycles. The minimum atomic E-state index is 0.250. The van der Waals surface area contributed by atoms with E-state index in [-0.39, 0.29) is 5.88 Å². The van der Waals surface area contributed by atoms with Crippen molar-refractivity contribution in [2.75, 3.05) is 25.6 Å². The fraction of sp³-hybridized carbons (Fsp3) is 0.222. The summed E-state index contributed by atoms with van der Waals surface area (Å²) in [5.74, 6) is 0.997. The van der Waals surface area contributed by atoms with Gasteiger partial charge in [-0.25, -0.2) is 0 Å². The van der Waals surface area contributed by atoms with Gasteiger partial charge in [-0.05, 0) is 48.4 Å². The van der Waals surface area contributed by atoms with Crippen molar-refractivity contribution >= 4 is 16.5 Å². The van der Waals surface area contributed by atoms with Gasteiger partial charge in [-0.2, -0.15) is 0 Å². The second kappa shape index (κ2) is 4.70. The molecule has 2 heterocycles. The second-order valence-corrected chi connectivity index (χ2v) is 5.76. The molecule has 112 valence electrons. The molecule has 4 heteroatoms. The molecule has 0 atom stereocenters. The molecule has 0 saturated heterocycles. The van der Waals surface area contributed by atoms with E-state index >= 15 is 0 Å². The Morgan fingerprint density at radius 1 is 1.14 bits per heavy atom. The molecule has 0 radical (unpaired) electrons. The molecule has 0 unspecified atom stereocenters. The Morgan fingerprint density at radius 2 is 2.00 bits per heavy atom. The molecular formula is C18H18N2O2. The number of ether oxygens (including phenoxy) is 1. The lowest BCUT2D eigenvalue weighted by atomic mass is 10.1. The number of hydrogen-bond donors (Lipinski definition) is 1. The highest BCUT2D eigenvalue weighted by Gasteiger charge is 2.17. The average molecular weight is 294 g/mol. The predicted octanol–water partition coefficient (Wildman–Crippen LogP) is 3.34. The highest BCUT2D eigenvalue weighted by molar-refractivity contribution is 5.90. The predicted molar refractivity (Wildman–Crippen MR) is 88.5 cm³/mol. The summed E-state index contributed by atoms with van der Waals surface area (Å²) in [6, 6.07) is 12.1. The first kappa shape index (κ1) is 13.1. The van der Waals surface area contributed by atoms with Gasteiger partial charge in [0.25, 0.3) is 0 Å². The summed E-state index contributed by atoms with van der Waals surface area (Å²) < 4.78 is 7.07. The number of rotatable bonds is 2. The molecule has 0 bridgehead atoms. The van der Waals surface area contributed by atoms with Gasteiger partial charge >= 0.3 is 0 Å². The smallest absolute Gasteiger partial charge is 0.203 e. The summed E-state index contributed by atoms with van der Waals surface area (Å²) in [4.78, 5) is 2.26. The van der Waals surface area contributed by atoms with E-state index in [0.29, 0.717) is 0 Å². The van der Waals surface area contributed by atoms with Crippen LogP contribution in [0.1, 0.15) is 5.56 Å². The summed E-state index contributed by atoms with van der Waals surface area (Å²) in [6.07, 6.45) is 3.01. The third kappa shape index (κ3) is 1.84. The highest BCUT2D eigenvalue weighted by Crippen LogP contribution is 2.35. The normalized spacial score (nSPS) is 13.6. The van der Waals surface area contributed by atoms with E-state index < -0.39 is 0 Å². The van der Waals surface area contributed by atoms with Gasteiger partial charge in [0.2, 0.25) is 5.88 Å². The van der Waals surface area contributed by atoms with Crippen molar-refractivity contribution in [3.63, 3.8) is 0 Å². The van der Waals surface area contributed by atoms with Gasteiger partial charge in [-0.3, -0.25) is 4.57 Å². The topological polar surface area (TPSA) is 37.6 Å². The average Bonchev–Trinajstić information content (AvgIpc) is 3.08. The molecule has 22 heavy (non-hydrogen) atoms. The van der Waals surface area contributed by atoms with Crippen LogP contribution in [0.2, 0.25) is 0 Å². The fourth-order valence-corrected chi connectivity index (χ4v) is 3.20. The molecule has 1 aromatic heterocycles. The monoisotopic (exact) mass is 294 g/mol. The molecule has 0 saturated carbocycles. The van der Waals surface area contributed by atoms with E-state index in [1.165, 1.54) is 11.3 Å². The Morgan fingerprint density at radius 3 is 2.82 bits per heavy atom. The number of likely N-dealkylation sites (N-methyl/N-ethyl adjacent to an activating group) is 1. The van der Waals surface area contributed by atoms with Crippen molar-refractivity contribution in [2.45, 2.75) is 6.42 Å². The van der Waals surface area contributed by atoms with Crippen LogP contribution in [0.5, 0.6) is 11.6 Å². The fourth-order valence-electron chi connectivity index (χ4n) is 3.20. The van der Waals surface area contributed by atoms with Crippen molar-refractivity contribution in [1.29, 1.82) is 0 Å². The van der Waals surface area contributed by atoms with Crippen LogP contribution >= 0.6 is 0 Å². The maximum absolute atomic E-state index is 10.6. The van der Waals surface area contributed by atoms with E-state index in [0.717, 1.165) is 35.2 Å². The molecule has 2 aromatic carbocycles. The van der Waals surface area contributed by atoms with Crippen molar-refractivity contribution in [1.82, 2.24) is 4.57 Å². The van der Waals surface area contributed by atoms with Crippen LogP contribution in [0.25, 0.3) is 16.5 Å². The second-order valence-electron chi connectivity index (χ2n) is 5.76. The zero-order valence-corrected chi connectivity index (χ0v) is 12.7. The quantitative estimate of drug-likeness (QED) is 0.787. The van der Waals surface area contributed by atoms with Gasteiger partial charge in [-0.1, -0.05) is 0 Å². The maximum atomic E-state index is 10.6. The van der Waals surface area contributed by atoms with E-state index in [9.17, 15) is 5.11 Å². The Balaban J connectivity index is 1.86. The van der Waals surface area contributed by atoms with Crippen molar-refractivity contribution in [3.05, 3.63) is 48.2 Å². The van der Waals surface area contributed by atoms with Crippen LogP contribution in [0.4, 0.5) is 5.69 Å². The molecule has 0 spiro atoms. The molecule has 1 N–H and O–H groups in total. The minimum absolute atomic E-state index is 0.250. The number of anilines is 1. The number of benzene rings is 2. The minimum Gasteiger partial charge on any atom is -0.497 e. The summed E-state index contributed by atoms with van der Waals surface area (Å²) in [7, 11) is 3.74. The molecule has 0 aliphatic carbocycles. The molecule has 4 rings (SSSR count). The van der Waals surface area contributed by atoms with Crippen LogP contribution in [-0.4, -0.2) is 30.4 Å². The van der Waals surface area contributed by atoms with Gasteiger partial charge in [0.05, 0.1) is 7.11 Å². The molecular weight excluding hydrogens is 276 g/mol. The first-order valence-electron chi connectivity index (χ1n) is 7.40. The van der Waals surface area contributed by atoms with E-state index in [2.05, 4.69) is 30.1 Å². The molecule has 0 fully saturated rings. The van der Waals surface area contributed by atoms with E-state index in [4.69, 9.17) is 4.74 Å². The number of hydrogen-bond acceptors (Lipinski definition) is 3. The van der Waals surface area contributed by atoms with Crippen molar-refractivity contribution < 1.29 is 9.84 Å². The van der Waals surface area contributed by atoms with Crippen LogP contribution in [-0.2, 0) is 6.42 Å². The largest absolute Gasteiger partial charge is 0.497 e. The Labute approximate surface area is 129 Å². The molecule has 0 amide bonds. The SMILES string of the molecule is COc1ccc2cn(-c3ccc4c(c3)CCN4C)c(O)c2c1. The van der Waals surface area contributed by atoms with Crippen LogP contribution < -0.4 is 9.64 Å². The number of aromatic nitrogens is 1. The third-order valence-electron chi connectivity index (χ3n) is 4.47. The highest BCUT2D eigenvalue weighted by atomic mass is 16.5. The molecule has 1 aliphatic rings. The van der Waals surface area contributed by atoms with Gasteiger partial charge in [0.15, 0.2) is 0 Å². The van der Waals surface area contributed by atoms with Crippen LogP contribution in [0.3, 0.4) is 0 Å². The van der Waals surface area contributed by atoms with E-state index in [1.807, 2.05) is 29.0 Å². The van der Waals surface area contributed by atoms with Gasteiger partial charge in [0.1, 0.15) is 5.75 Å². The first-order chi connectivity index (χ1) is 10.7. The maximum Gasteiger partial charge on any atom is 0.203 e. The molecule has 4 nitrogen and oxygen atoms in total. The number of fused-ring (bicyclic) bond motifs is 2. The van der Waals surface area contributed by atoms with Crippen LogP contribution in [0, 0.1) is 0 Å². The summed E-state index contributed by atoms with van der Waals surface area (Å²) in [5, 5.41) is 12.4. The van der Waals surface area contributed by atoms with Gasteiger partial charge in [-0.15, -0.1) is 0 Å². The lowest BCUT2D eigenvalue weighted by molar-refractivity contribution is 0.414. The third-order valence-corrected chi connectivity index (χ3v) is 4.47. The number of aromatic hydroxyl groups is 1. The Kier molecular flexibility index (Phi) is 2.79. The lowest BCUT2D eigenvalue weighted by Crippen LogP contribution is -2.12.